The largest absolute Gasteiger partial charge is 0.423 e. The maximum absolute atomic E-state index is 12.6. The van der Waals surface area contributed by atoms with Crippen LogP contribution in [0.15, 0.2) is 48.5 Å². The number of aromatic nitrogens is 4. The molecule has 12 nitrogen and oxygen atoms in total. The second-order valence-electron chi connectivity index (χ2n) is 8.90. The molecule has 0 spiro atoms. The second-order valence-corrected chi connectivity index (χ2v) is 8.90. The Bertz CT molecular complexity index is 1250. The van der Waals surface area contributed by atoms with E-state index in [1.165, 1.54) is 6.92 Å². The number of benzene rings is 2. The predicted molar refractivity (Wildman–Crippen MR) is 130 cm³/mol. The molecule has 2 amide bonds. The van der Waals surface area contributed by atoms with Crippen LogP contribution >= 0.6 is 0 Å². The van der Waals surface area contributed by atoms with E-state index in [9.17, 15) is 9.59 Å². The van der Waals surface area contributed by atoms with E-state index < -0.39 is 0 Å². The van der Waals surface area contributed by atoms with E-state index in [4.69, 9.17) is 14.2 Å². The number of hydrogen-bond acceptors (Lipinski definition) is 9. The summed E-state index contributed by atoms with van der Waals surface area (Å²) in [6, 6.07) is 13.5. The standard InChI is InChI=1S/C24H27N7O5/c1-14(32)15-7-9-16(10-8-15)25-23(33)26-19-12-34-22-20(13-35-21(19)22)31-24(27-28-29-31)36-18-6-4-5-17(11-18)30(2)3/h4-11,19-22H,12-13H2,1-3H3,(H2,25,26,33)/t19-,20+,21-,22+/m1/s1. The molecule has 12 heteroatoms. The van der Waals surface area contributed by atoms with Gasteiger partial charge in [0.25, 0.3) is 0 Å². The Balaban J connectivity index is 1.22. The van der Waals surface area contributed by atoms with E-state index >= 15 is 0 Å². The van der Waals surface area contributed by atoms with Crippen LogP contribution in [-0.2, 0) is 9.47 Å². The smallest absolute Gasteiger partial charge is 0.341 e. The van der Waals surface area contributed by atoms with Crippen molar-refractivity contribution in [2.24, 2.45) is 0 Å². The average molecular weight is 494 g/mol. The molecule has 5 rings (SSSR count). The SMILES string of the molecule is CC(=O)c1ccc(NC(=O)N[C@@H]2CO[C@@H]3[C@@H]2OC[C@@H]3n2nnnc2Oc2cccc(N(C)C)c2)cc1. The summed E-state index contributed by atoms with van der Waals surface area (Å²) in [6.07, 6.45) is -0.723. The van der Waals surface area contributed by atoms with Gasteiger partial charge in [0.1, 0.15) is 24.0 Å². The van der Waals surface area contributed by atoms with Crippen molar-refractivity contribution in [1.29, 1.82) is 0 Å². The van der Waals surface area contributed by atoms with E-state index in [1.807, 2.05) is 43.3 Å². The molecule has 3 aromatic rings. The topological polar surface area (TPSA) is 133 Å². The number of hydrogen-bond donors (Lipinski definition) is 2. The number of Topliss-reactive ketones (excluding diaryl/α,β-unsaturated/α-hetero) is 1. The summed E-state index contributed by atoms with van der Waals surface area (Å²) in [5.41, 5.74) is 2.14. The Morgan fingerprint density at radius 1 is 1.08 bits per heavy atom. The predicted octanol–water partition coefficient (Wildman–Crippen LogP) is 2.26. The number of carbonyl (C=O) groups excluding carboxylic acids is 2. The first kappa shape index (κ1) is 23.7. The minimum Gasteiger partial charge on any atom is -0.423 e. The molecule has 3 heterocycles. The molecule has 188 valence electrons. The molecule has 0 bridgehead atoms. The summed E-state index contributed by atoms with van der Waals surface area (Å²) >= 11 is 0. The number of ketones is 1. The van der Waals surface area contributed by atoms with Crippen LogP contribution in [0, 0.1) is 0 Å². The van der Waals surface area contributed by atoms with Gasteiger partial charge in [0, 0.05) is 37.1 Å². The molecule has 1 aromatic heterocycles. The zero-order valence-electron chi connectivity index (χ0n) is 20.1. The number of urea groups is 1. The van der Waals surface area contributed by atoms with Crippen molar-refractivity contribution in [3.8, 4) is 11.8 Å². The monoisotopic (exact) mass is 493 g/mol. The fraction of sp³-hybridized carbons (Fsp3) is 0.375. The first-order valence-electron chi connectivity index (χ1n) is 11.5. The highest BCUT2D eigenvalue weighted by molar-refractivity contribution is 5.95. The van der Waals surface area contributed by atoms with Crippen LogP contribution < -0.4 is 20.3 Å². The number of nitrogens with one attached hydrogen (secondary N) is 2. The van der Waals surface area contributed by atoms with Gasteiger partial charge in [-0.05, 0) is 53.7 Å². The van der Waals surface area contributed by atoms with Crippen molar-refractivity contribution in [1.82, 2.24) is 25.5 Å². The highest BCUT2D eigenvalue weighted by Gasteiger charge is 2.50. The molecule has 0 unspecified atom stereocenters. The van der Waals surface area contributed by atoms with Crippen LogP contribution in [-0.4, -0.2) is 77.6 Å². The number of ether oxygens (including phenoxy) is 3. The third-order valence-electron chi connectivity index (χ3n) is 6.21. The lowest BCUT2D eigenvalue weighted by Crippen LogP contribution is -2.45. The number of carbonyl (C=O) groups is 2. The van der Waals surface area contributed by atoms with Gasteiger partial charge < -0.3 is 29.7 Å². The van der Waals surface area contributed by atoms with E-state index in [0.29, 0.717) is 23.6 Å². The van der Waals surface area contributed by atoms with Gasteiger partial charge in [-0.1, -0.05) is 11.2 Å². The molecule has 2 aliphatic rings. The van der Waals surface area contributed by atoms with Gasteiger partial charge in [-0.25, -0.2) is 4.79 Å². The number of tetrazole rings is 1. The van der Waals surface area contributed by atoms with Gasteiger partial charge in [0.2, 0.25) is 0 Å². The summed E-state index contributed by atoms with van der Waals surface area (Å²) in [7, 11) is 3.90. The highest BCUT2D eigenvalue weighted by atomic mass is 16.6. The summed E-state index contributed by atoms with van der Waals surface area (Å²) in [4.78, 5) is 26.0. The molecule has 2 fully saturated rings. The molecular weight excluding hydrogens is 466 g/mol. The number of rotatable bonds is 7. The van der Waals surface area contributed by atoms with Crippen LogP contribution in [0.25, 0.3) is 0 Å². The minimum atomic E-state index is -0.390. The minimum absolute atomic E-state index is 0.0358. The van der Waals surface area contributed by atoms with E-state index in [2.05, 4.69) is 26.2 Å². The van der Waals surface area contributed by atoms with Crippen molar-refractivity contribution < 1.29 is 23.8 Å². The Hall–Kier alpha value is -4.03. The third-order valence-corrected chi connectivity index (χ3v) is 6.21. The van der Waals surface area contributed by atoms with Crippen LogP contribution in [0.3, 0.4) is 0 Å². The zero-order chi connectivity index (χ0) is 25.2. The lowest BCUT2D eigenvalue weighted by molar-refractivity contribution is 0.0613. The van der Waals surface area contributed by atoms with Crippen molar-refractivity contribution in [2.75, 3.05) is 37.5 Å². The van der Waals surface area contributed by atoms with Gasteiger partial charge in [-0.15, -0.1) is 0 Å². The lowest BCUT2D eigenvalue weighted by Gasteiger charge is -2.18. The number of fused-ring (bicyclic) bond motifs is 1. The van der Waals surface area contributed by atoms with E-state index in [1.54, 1.807) is 28.9 Å². The second kappa shape index (κ2) is 9.91. The summed E-state index contributed by atoms with van der Waals surface area (Å²) in [5.74, 6) is 0.568. The van der Waals surface area contributed by atoms with Crippen molar-refractivity contribution in [3.05, 3.63) is 54.1 Å². The molecule has 0 saturated carbocycles. The fourth-order valence-corrected chi connectivity index (χ4v) is 4.33. The zero-order valence-corrected chi connectivity index (χ0v) is 20.1. The highest BCUT2D eigenvalue weighted by Crippen LogP contribution is 2.36. The van der Waals surface area contributed by atoms with Crippen LogP contribution in [0.5, 0.6) is 11.8 Å². The van der Waals surface area contributed by atoms with Crippen molar-refractivity contribution in [2.45, 2.75) is 31.2 Å². The summed E-state index contributed by atoms with van der Waals surface area (Å²) < 4.78 is 19.5. The fourth-order valence-electron chi connectivity index (χ4n) is 4.33. The van der Waals surface area contributed by atoms with Crippen LogP contribution in [0.1, 0.15) is 23.3 Å². The van der Waals surface area contributed by atoms with Gasteiger partial charge in [-0.2, -0.15) is 4.68 Å². The molecule has 2 N–H and O–H groups in total. The average Bonchev–Trinajstić information content (AvgIpc) is 3.57. The molecule has 2 saturated heterocycles. The van der Waals surface area contributed by atoms with Crippen LogP contribution in [0.4, 0.5) is 16.2 Å². The molecule has 2 aromatic carbocycles. The Labute approximate surface area is 207 Å². The van der Waals surface area contributed by atoms with Gasteiger partial charge >= 0.3 is 12.0 Å². The molecule has 36 heavy (non-hydrogen) atoms. The number of amides is 2. The summed E-state index contributed by atoms with van der Waals surface area (Å²) in [5, 5.41) is 17.6. The first-order chi connectivity index (χ1) is 17.4. The van der Waals surface area contributed by atoms with Gasteiger partial charge in [0.05, 0.1) is 19.3 Å². The van der Waals surface area contributed by atoms with Gasteiger partial charge in [0.15, 0.2) is 5.78 Å². The maximum atomic E-state index is 12.6. The Morgan fingerprint density at radius 3 is 2.61 bits per heavy atom. The third kappa shape index (κ3) is 4.86. The normalized spacial score (nSPS) is 22.6. The van der Waals surface area contributed by atoms with E-state index in [-0.39, 0.29) is 48.7 Å². The molecular formula is C24H27N7O5. The van der Waals surface area contributed by atoms with Gasteiger partial charge in [-0.3, -0.25) is 4.79 Å². The van der Waals surface area contributed by atoms with Crippen molar-refractivity contribution in [3.63, 3.8) is 0 Å². The quantitative estimate of drug-likeness (QED) is 0.476. The lowest BCUT2D eigenvalue weighted by atomic mass is 10.1. The van der Waals surface area contributed by atoms with Crippen molar-refractivity contribution >= 4 is 23.2 Å². The summed E-state index contributed by atoms with van der Waals surface area (Å²) in [6.45, 7) is 2.08. The number of nitrogens with zero attached hydrogens (tertiary/aromatic N) is 5. The maximum Gasteiger partial charge on any atom is 0.341 e. The molecule has 2 aliphatic heterocycles. The first-order valence-corrected chi connectivity index (χ1v) is 11.5. The Morgan fingerprint density at radius 2 is 1.86 bits per heavy atom. The number of anilines is 2. The van der Waals surface area contributed by atoms with Crippen LogP contribution in [0.2, 0.25) is 0 Å². The molecule has 0 radical (unpaired) electrons. The molecule has 0 aliphatic carbocycles. The van der Waals surface area contributed by atoms with E-state index in [0.717, 1.165) is 5.69 Å². The Kier molecular flexibility index (Phi) is 6.53. The molecule has 4 atom stereocenters.